The second-order valence-electron chi connectivity index (χ2n) is 9.16. The van der Waals surface area contributed by atoms with E-state index in [-0.39, 0.29) is 28.3 Å². The van der Waals surface area contributed by atoms with Crippen LogP contribution in [0.3, 0.4) is 0 Å². The Morgan fingerprint density at radius 1 is 0.973 bits per heavy atom. The molecule has 0 aliphatic rings. The van der Waals surface area contributed by atoms with Gasteiger partial charge < -0.3 is 14.8 Å². The molecule has 0 aromatic heterocycles. The smallest absolute Gasteiger partial charge is 0.264 e. The van der Waals surface area contributed by atoms with Gasteiger partial charge in [-0.15, -0.1) is 0 Å². The standard InChI is InChI=1S/C28H33ClN2O5S/c1-19(2)16-25(21-8-11-23(35-4)12-9-21)30-28(32)18-31(26-17-22(29)10-15-27(26)36-5)37(33,34)24-13-6-20(3)7-14-24/h6-15,17,19,25H,16,18H2,1-5H3,(H,30,32)/t25-/m1/s1. The first-order valence-electron chi connectivity index (χ1n) is 11.9. The van der Waals surface area contributed by atoms with Gasteiger partial charge >= 0.3 is 0 Å². The first-order valence-corrected chi connectivity index (χ1v) is 13.7. The molecule has 37 heavy (non-hydrogen) atoms. The molecule has 3 aromatic carbocycles. The van der Waals surface area contributed by atoms with Gasteiger partial charge in [0.1, 0.15) is 18.0 Å². The topological polar surface area (TPSA) is 84.9 Å². The molecule has 0 aliphatic heterocycles. The zero-order valence-electron chi connectivity index (χ0n) is 21.7. The fraction of sp³-hybridized carbons (Fsp3) is 0.321. The van der Waals surface area contributed by atoms with Crippen LogP contribution in [0.5, 0.6) is 11.5 Å². The molecular weight excluding hydrogens is 512 g/mol. The van der Waals surface area contributed by atoms with Crippen molar-refractivity contribution in [2.24, 2.45) is 5.92 Å². The molecule has 9 heteroatoms. The maximum atomic E-state index is 13.8. The quantitative estimate of drug-likeness (QED) is 0.331. The Morgan fingerprint density at radius 2 is 1.62 bits per heavy atom. The van der Waals surface area contributed by atoms with Crippen molar-refractivity contribution in [1.82, 2.24) is 5.32 Å². The lowest BCUT2D eigenvalue weighted by molar-refractivity contribution is -0.120. The van der Waals surface area contributed by atoms with Crippen molar-refractivity contribution in [3.8, 4) is 11.5 Å². The molecule has 0 bridgehead atoms. The van der Waals surface area contributed by atoms with Crippen LogP contribution in [-0.2, 0) is 14.8 Å². The SMILES string of the molecule is COc1ccc([C@@H](CC(C)C)NC(=O)CN(c2cc(Cl)ccc2OC)S(=O)(=O)c2ccc(C)cc2)cc1. The lowest BCUT2D eigenvalue weighted by Crippen LogP contribution is -2.42. The molecular formula is C28H33ClN2O5S. The van der Waals surface area contributed by atoms with Crippen molar-refractivity contribution < 1.29 is 22.7 Å². The number of benzene rings is 3. The molecule has 0 saturated carbocycles. The Balaban J connectivity index is 1.99. The maximum absolute atomic E-state index is 13.8. The minimum atomic E-state index is -4.13. The fourth-order valence-electron chi connectivity index (χ4n) is 3.95. The lowest BCUT2D eigenvalue weighted by Gasteiger charge is -2.27. The third-order valence-electron chi connectivity index (χ3n) is 5.87. The van der Waals surface area contributed by atoms with Crippen molar-refractivity contribution in [3.05, 3.63) is 82.9 Å². The summed E-state index contributed by atoms with van der Waals surface area (Å²) in [5, 5.41) is 3.34. The summed E-state index contributed by atoms with van der Waals surface area (Å²) in [5.74, 6) is 0.815. The number of nitrogens with one attached hydrogen (secondary N) is 1. The third kappa shape index (κ3) is 7.17. The van der Waals surface area contributed by atoms with Crippen molar-refractivity contribution in [2.45, 2.75) is 38.1 Å². The summed E-state index contributed by atoms with van der Waals surface area (Å²) in [5.41, 5.74) is 1.99. The first-order chi connectivity index (χ1) is 17.5. The van der Waals surface area contributed by atoms with Crippen LogP contribution < -0.4 is 19.1 Å². The molecule has 0 fully saturated rings. The van der Waals surface area contributed by atoms with Gasteiger partial charge in [-0.3, -0.25) is 9.10 Å². The van der Waals surface area contributed by atoms with Crippen LogP contribution in [0.25, 0.3) is 0 Å². The van der Waals surface area contributed by atoms with Gasteiger partial charge in [0.15, 0.2) is 0 Å². The van der Waals surface area contributed by atoms with Gasteiger partial charge in [-0.05, 0) is 67.3 Å². The molecule has 1 N–H and O–H groups in total. The van der Waals surface area contributed by atoms with Gasteiger partial charge in [-0.2, -0.15) is 0 Å². The van der Waals surface area contributed by atoms with Crippen molar-refractivity contribution in [3.63, 3.8) is 0 Å². The van der Waals surface area contributed by atoms with E-state index in [0.717, 1.165) is 15.4 Å². The average Bonchev–Trinajstić information content (AvgIpc) is 2.87. The molecule has 0 heterocycles. The monoisotopic (exact) mass is 544 g/mol. The Labute approximate surface area is 224 Å². The number of ether oxygens (including phenoxy) is 2. The number of rotatable bonds is 11. The van der Waals surface area contributed by atoms with E-state index >= 15 is 0 Å². The number of sulfonamides is 1. The molecule has 1 amide bonds. The molecule has 3 rings (SSSR count). The number of halogens is 1. The van der Waals surface area contributed by atoms with Gasteiger partial charge in [-0.1, -0.05) is 55.3 Å². The molecule has 0 spiro atoms. The minimum absolute atomic E-state index is 0.0572. The number of hydrogen-bond acceptors (Lipinski definition) is 5. The van der Waals surface area contributed by atoms with E-state index in [1.807, 2.05) is 31.2 Å². The van der Waals surface area contributed by atoms with Crippen LogP contribution >= 0.6 is 11.6 Å². The van der Waals surface area contributed by atoms with E-state index in [0.29, 0.717) is 17.2 Å². The molecule has 0 unspecified atom stereocenters. The Kier molecular flexibility index (Phi) is 9.45. The number of aryl methyl sites for hydroxylation is 1. The highest BCUT2D eigenvalue weighted by atomic mass is 35.5. The molecule has 198 valence electrons. The summed E-state index contributed by atoms with van der Waals surface area (Å²) in [6, 6.07) is 18.3. The number of hydrogen-bond donors (Lipinski definition) is 1. The van der Waals surface area contributed by atoms with E-state index in [9.17, 15) is 13.2 Å². The zero-order chi connectivity index (χ0) is 27.2. The fourth-order valence-corrected chi connectivity index (χ4v) is 5.54. The highest BCUT2D eigenvalue weighted by Crippen LogP contribution is 2.35. The summed E-state index contributed by atoms with van der Waals surface area (Å²) in [6.07, 6.45) is 0.670. The van der Waals surface area contributed by atoms with Gasteiger partial charge in [0.2, 0.25) is 5.91 Å². The second kappa shape index (κ2) is 12.3. The molecule has 3 aromatic rings. The molecule has 0 radical (unpaired) electrons. The lowest BCUT2D eigenvalue weighted by atomic mass is 9.97. The van der Waals surface area contributed by atoms with Crippen LogP contribution in [0, 0.1) is 12.8 Å². The predicted molar refractivity (Wildman–Crippen MR) is 147 cm³/mol. The minimum Gasteiger partial charge on any atom is -0.497 e. The van der Waals surface area contributed by atoms with Gasteiger partial charge in [0.05, 0.1) is 30.8 Å². The van der Waals surface area contributed by atoms with Crippen LogP contribution in [-0.4, -0.2) is 35.1 Å². The Hall–Kier alpha value is -3.23. The number of carbonyl (C=O) groups excluding carboxylic acids is 1. The zero-order valence-corrected chi connectivity index (χ0v) is 23.3. The van der Waals surface area contributed by atoms with Crippen LogP contribution in [0.1, 0.15) is 37.4 Å². The normalized spacial score (nSPS) is 12.2. The van der Waals surface area contributed by atoms with Gasteiger partial charge in [0, 0.05) is 5.02 Å². The molecule has 0 aliphatic carbocycles. The van der Waals surface area contributed by atoms with E-state index < -0.39 is 22.5 Å². The molecule has 0 saturated heterocycles. The van der Waals surface area contributed by atoms with Crippen molar-refractivity contribution in [1.29, 1.82) is 0 Å². The average molecular weight is 545 g/mol. The summed E-state index contributed by atoms with van der Waals surface area (Å²) in [7, 11) is -1.10. The summed E-state index contributed by atoms with van der Waals surface area (Å²) >= 11 is 6.23. The van der Waals surface area contributed by atoms with Crippen molar-refractivity contribution in [2.75, 3.05) is 25.1 Å². The number of carbonyl (C=O) groups is 1. The Morgan fingerprint density at radius 3 is 2.19 bits per heavy atom. The van der Waals surface area contributed by atoms with E-state index in [1.165, 1.54) is 25.3 Å². The van der Waals surface area contributed by atoms with Crippen LogP contribution in [0.4, 0.5) is 5.69 Å². The number of nitrogens with zero attached hydrogens (tertiary/aromatic N) is 1. The summed E-state index contributed by atoms with van der Waals surface area (Å²) < 4.78 is 39.3. The predicted octanol–water partition coefficient (Wildman–Crippen LogP) is 5.76. The molecule has 7 nitrogen and oxygen atoms in total. The van der Waals surface area contributed by atoms with Crippen LogP contribution in [0.2, 0.25) is 5.02 Å². The largest absolute Gasteiger partial charge is 0.497 e. The van der Waals surface area contributed by atoms with Gasteiger partial charge in [-0.25, -0.2) is 8.42 Å². The van der Waals surface area contributed by atoms with E-state index in [1.54, 1.807) is 31.4 Å². The third-order valence-corrected chi connectivity index (χ3v) is 7.88. The molecule has 1 atom stereocenters. The summed E-state index contributed by atoms with van der Waals surface area (Å²) in [6.45, 7) is 5.54. The second-order valence-corrected chi connectivity index (χ2v) is 11.5. The number of methoxy groups -OCH3 is 2. The maximum Gasteiger partial charge on any atom is 0.264 e. The number of anilines is 1. The number of amides is 1. The Bertz CT molecular complexity index is 1310. The van der Waals surface area contributed by atoms with Crippen molar-refractivity contribution >= 4 is 33.2 Å². The van der Waals surface area contributed by atoms with E-state index in [4.69, 9.17) is 21.1 Å². The first kappa shape index (κ1) is 28.3. The highest BCUT2D eigenvalue weighted by molar-refractivity contribution is 7.92. The van der Waals surface area contributed by atoms with Crippen LogP contribution in [0.15, 0.2) is 71.6 Å². The summed E-state index contributed by atoms with van der Waals surface area (Å²) in [4.78, 5) is 13.5. The highest BCUT2D eigenvalue weighted by Gasteiger charge is 2.30. The van der Waals surface area contributed by atoms with E-state index in [2.05, 4.69) is 19.2 Å². The van der Waals surface area contributed by atoms with Gasteiger partial charge in [0.25, 0.3) is 10.0 Å².